The summed E-state index contributed by atoms with van der Waals surface area (Å²) < 4.78 is 0. The fraction of sp³-hybridized carbons (Fsp3) is 0.235. The second-order valence-electron chi connectivity index (χ2n) is 5.20. The molecule has 21 heavy (non-hydrogen) atoms. The molecule has 0 heterocycles. The van der Waals surface area contributed by atoms with Crippen molar-refractivity contribution in [2.45, 2.75) is 25.7 Å². The van der Waals surface area contributed by atoms with Gasteiger partial charge in [0.15, 0.2) is 0 Å². The molecule has 0 aliphatic carbocycles. The van der Waals surface area contributed by atoms with Crippen molar-refractivity contribution < 1.29 is 4.79 Å². The van der Waals surface area contributed by atoms with E-state index >= 15 is 0 Å². The highest BCUT2D eigenvalue weighted by Gasteiger charge is 2.07. The summed E-state index contributed by atoms with van der Waals surface area (Å²) in [6.45, 7) is 6.08. The first kappa shape index (κ1) is 15.4. The van der Waals surface area contributed by atoms with Gasteiger partial charge in [-0.15, -0.1) is 11.8 Å². The number of anilines is 2. The predicted octanol–water partition coefficient (Wildman–Crippen LogP) is 3.92. The summed E-state index contributed by atoms with van der Waals surface area (Å²) in [6, 6.07) is 11.9. The zero-order valence-corrected chi connectivity index (χ0v) is 13.4. The normalized spacial score (nSPS) is 10.4. The fourth-order valence-electron chi connectivity index (χ4n) is 1.99. The van der Waals surface area contributed by atoms with Gasteiger partial charge in [-0.2, -0.15) is 0 Å². The van der Waals surface area contributed by atoms with Crippen LogP contribution in [0.25, 0.3) is 0 Å². The quantitative estimate of drug-likeness (QED) is 0.664. The minimum atomic E-state index is -0.0449. The lowest BCUT2D eigenvalue weighted by atomic mass is 10.2. The summed E-state index contributed by atoms with van der Waals surface area (Å²) in [5.74, 6) is 0.328. The van der Waals surface area contributed by atoms with Gasteiger partial charge in [-0.3, -0.25) is 4.79 Å². The summed E-state index contributed by atoms with van der Waals surface area (Å²) in [6.07, 6.45) is 0. The van der Waals surface area contributed by atoms with Crippen LogP contribution >= 0.6 is 11.8 Å². The Morgan fingerprint density at radius 3 is 2.48 bits per heavy atom. The van der Waals surface area contributed by atoms with Crippen LogP contribution < -0.4 is 11.1 Å². The number of carbonyl (C=O) groups is 1. The average molecular weight is 300 g/mol. The van der Waals surface area contributed by atoms with Crippen molar-refractivity contribution in [3.8, 4) is 0 Å². The van der Waals surface area contributed by atoms with Crippen LogP contribution in [-0.4, -0.2) is 11.7 Å². The molecule has 0 saturated heterocycles. The van der Waals surface area contributed by atoms with Crippen LogP contribution in [0.3, 0.4) is 0 Å². The average Bonchev–Trinajstić information content (AvgIpc) is 2.43. The van der Waals surface area contributed by atoms with Crippen LogP contribution in [0.2, 0.25) is 0 Å². The van der Waals surface area contributed by atoms with Gasteiger partial charge in [-0.25, -0.2) is 0 Å². The number of hydrogen-bond donors (Lipinski definition) is 2. The third-order valence-electron chi connectivity index (χ3n) is 3.18. The van der Waals surface area contributed by atoms with Crippen molar-refractivity contribution in [1.29, 1.82) is 0 Å². The first-order chi connectivity index (χ1) is 9.95. The number of hydrogen-bond acceptors (Lipinski definition) is 3. The maximum Gasteiger partial charge on any atom is 0.234 e. The van der Waals surface area contributed by atoms with Crippen LogP contribution in [0, 0.1) is 20.8 Å². The van der Waals surface area contributed by atoms with Gasteiger partial charge in [-0.05, 0) is 50.1 Å². The molecular formula is C17H20N2OS. The molecule has 2 aromatic rings. The Kier molecular flexibility index (Phi) is 4.91. The maximum atomic E-state index is 12.0. The van der Waals surface area contributed by atoms with Crippen molar-refractivity contribution in [2.24, 2.45) is 0 Å². The molecule has 0 bridgehead atoms. The van der Waals surface area contributed by atoms with E-state index in [0.717, 1.165) is 10.5 Å². The van der Waals surface area contributed by atoms with E-state index in [1.165, 1.54) is 11.1 Å². The van der Waals surface area contributed by atoms with E-state index in [2.05, 4.69) is 37.4 Å². The second kappa shape index (κ2) is 6.68. The third kappa shape index (κ3) is 4.26. The van der Waals surface area contributed by atoms with Crippen molar-refractivity contribution in [1.82, 2.24) is 0 Å². The first-order valence-electron chi connectivity index (χ1n) is 6.82. The Morgan fingerprint density at radius 2 is 1.76 bits per heavy atom. The van der Waals surface area contributed by atoms with Crippen molar-refractivity contribution in [2.75, 3.05) is 16.8 Å². The number of thioether (sulfide) groups is 1. The van der Waals surface area contributed by atoms with Gasteiger partial charge < -0.3 is 11.1 Å². The Morgan fingerprint density at radius 1 is 1.10 bits per heavy atom. The van der Waals surface area contributed by atoms with Crippen molar-refractivity contribution in [3.05, 3.63) is 53.1 Å². The molecule has 0 saturated carbocycles. The van der Waals surface area contributed by atoms with E-state index in [1.807, 2.05) is 25.1 Å². The summed E-state index contributed by atoms with van der Waals surface area (Å²) in [5, 5.41) is 2.86. The van der Waals surface area contributed by atoms with Crippen LogP contribution in [0.4, 0.5) is 11.4 Å². The highest BCUT2D eigenvalue weighted by Crippen LogP contribution is 2.24. The lowest BCUT2D eigenvalue weighted by molar-refractivity contribution is -0.113. The topological polar surface area (TPSA) is 55.1 Å². The molecule has 110 valence electrons. The number of nitrogen functional groups attached to an aromatic ring is 1. The minimum Gasteiger partial charge on any atom is -0.397 e. The first-order valence-corrected chi connectivity index (χ1v) is 7.80. The van der Waals surface area contributed by atoms with Gasteiger partial charge in [0, 0.05) is 4.90 Å². The number of nitrogens with two attached hydrogens (primary N) is 1. The molecule has 0 aliphatic heterocycles. The number of aryl methyl sites for hydroxylation is 3. The van der Waals surface area contributed by atoms with Crippen LogP contribution in [-0.2, 0) is 4.79 Å². The zero-order valence-electron chi connectivity index (χ0n) is 12.6. The van der Waals surface area contributed by atoms with Gasteiger partial charge in [0.05, 0.1) is 17.1 Å². The molecule has 2 rings (SSSR count). The Bertz CT molecular complexity index is 668. The minimum absolute atomic E-state index is 0.0449. The number of carbonyl (C=O) groups excluding carboxylic acids is 1. The van der Waals surface area contributed by atoms with Crippen molar-refractivity contribution in [3.63, 3.8) is 0 Å². The zero-order chi connectivity index (χ0) is 15.4. The molecule has 0 fully saturated rings. The van der Waals surface area contributed by atoms with Gasteiger partial charge in [0.2, 0.25) is 5.91 Å². The maximum absolute atomic E-state index is 12.0. The monoisotopic (exact) mass is 300 g/mol. The molecule has 0 aromatic heterocycles. The summed E-state index contributed by atoms with van der Waals surface area (Å²) in [5.41, 5.74) is 10.6. The van der Waals surface area contributed by atoms with E-state index in [-0.39, 0.29) is 5.91 Å². The second-order valence-corrected chi connectivity index (χ2v) is 6.21. The summed E-state index contributed by atoms with van der Waals surface area (Å²) >= 11 is 1.54. The lowest BCUT2D eigenvalue weighted by Crippen LogP contribution is -2.15. The predicted molar refractivity (Wildman–Crippen MR) is 90.9 cm³/mol. The standard InChI is InChI=1S/C17H20N2OS/c1-11-5-7-15(14(18)8-11)19-17(20)10-21-16-9-12(2)4-6-13(16)3/h4-9H,10,18H2,1-3H3,(H,19,20). The lowest BCUT2D eigenvalue weighted by Gasteiger charge is -2.10. The molecule has 0 aliphatic rings. The van der Waals surface area contributed by atoms with Gasteiger partial charge >= 0.3 is 0 Å². The molecule has 0 unspecified atom stereocenters. The molecule has 0 spiro atoms. The SMILES string of the molecule is Cc1ccc(NC(=O)CSc2cc(C)ccc2C)c(N)c1. The Hall–Kier alpha value is -1.94. The van der Waals surface area contributed by atoms with Crippen molar-refractivity contribution >= 4 is 29.0 Å². The van der Waals surface area contributed by atoms with Gasteiger partial charge in [0.1, 0.15) is 0 Å². The van der Waals surface area contributed by atoms with E-state index in [1.54, 1.807) is 11.8 Å². The molecule has 0 atom stereocenters. The Balaban J connectivity index is 1.97. The number of amides is 1. The summed E-state index contributed by atoms with van der Waals surface area (Å²) in [7, 11) is 0. The fourth-order valence-corrected chi connectivity index (χ4v) is 2.91. The smallest absolute Gasteiger partial charge is 0.234 e. The summed E-state index contributed by atoms with van der Waals surface area (Å²) in [4.78, 5) is 13.2. The van der Waals surface area contributed by atoms with Crippen LogP contribution in [0.15, 0.2) is 41.3 Å². The molecule has 3 nitrogen and oxygen atoms in total. The van der Waals surface area contributed by atoms with Gasteiger partial charge in [0.25, 0.3) is 0 Å². The van der Waals surface area contributed by atoms with E-state index in [0.29, 0.717) is 17.1 Å². The molecule has 1 amide bonds. The third-order valence-corrected chi connectivity index (χ3v) is 4.34. The number of benzene rings is 2. The highest BCUT2D eigenvalue weighted by molar-refractivity contribution is 8.00. The van der Waals surface area contributed by atoms with E-state index in [4.69, 9.17) is 5.73 Å². The highest BCUT2D eigenvalue weighted by atomic mass is 32.2. The largest absolute Gasteiger partial charge is 0.397 e. The van der Waals surface area contributed by atoms with E-state index in [9.17, 15) is 4.79 Å². The molecule has 3 N–H and O–H groups in total. The molecular weight excluding hydrogens is 280 g/mol. The molecule has 2 aromatic carbocycles. The number of nitrogens with one attached hydrogen (secondary N) is 1. The van der Waals surface area contributed by atoms with Gasteiger partial charge in [-0.1, -0.05) is 23.8 Å². The molecule has 4 heteroatoms. The van der Waals surface area contributed by atoms with E-state index < -0.39 is 0 Å². The van der Waals surface area contributed by atoms with Crippen LogP contribution in [0.5, 0.6) is 0 Å². The Labute approximate surface area is 129 Å². The molecule has 0 radical (unpaired) electrons. The van der Waals surface area contributed by atoms with Crippen LogP contribution in [0.1, 0.15) is 16.7 Å². The number of rotatable bonds is 4.